The zero-order valence-electron chi connectivity index (χ0n) is 45.0. The van der Waals surface area contributed by atoms with E-state index < -0.39 is 65.3 Å². The molecule has 2 N–H and O–H groups in total. The number of carbonyl (C=O) groups excluding carboxylic acids is 8. The fourth-order valence-electron chi connectivity index (χ4n) is 7.81. The number of nitrogens with one attached hydrogen (secondary N) is 2. The summed E-state index contributed by atoms with van der Waals surface area (Å²) in [6.07, 6.45) is 8.61. The van der Waals surface area contributed by atoms with E-state index in [0.717, 1.165) is 25.7 Å². The molecule has 8 amide bonds. The second-order valence-electron chi connectivity index (χ2n) is 20.6. The van der Waals surface area contributed by atoms with Crippen LogP contribution in [-0.2, 0) is 43.1 Å². The van der Waals surface area contributed by atoms with Crippen molar-refractivity contribution in [3.8, 4) is 0 Å². The van der Waals surface area contributed by atoms with E-state index in [1.165, 1.54) is 45.6 Å². The average molecular weight is 971 g/mol. The molecule has 1 rings (SSSR count). The summed E-state index contributed by atoms with van der Waals surface area (Å²) in [5, 5.41) is 5.72. The zero-order chi connectivity index (χ0) is 52.9. The Morgan fingerprint density at radius 3 is 1.62 bits per heavy atom. The summed E-state index contributed by atoms with van der Waals surface area (Å²) in [7, 11) is 7.62. The van der Waals surface area contributed by atoms with Gasteiger partial charge in [0.15, 0.2) is 0 Å². The highest BCUT2D eigenvalue weighted by molar-refractivity contribution is 5.97. The van der Waals surface area contributed by atoms with Crippen LogP contribution in [0.2, 0.25) is 0 Å². The molecule has 1 fully saturated rings. The SMILES string of the molecule is C=C/C=C(\C=C)C[C@@H](C(=O)N(C)[C@@H](CC(C)C)C(=O)N[C@@H](COC(C)(C)C)C(=O)N(C)[C@@H](CC(C)C)C(=O)NC(CC(=O)N(C)CC)C(=O)N1CCCCC1)N(C)C(=O)CN(C)C(=O)C[C@@H](C)CC. The Labute approximate surface area is 414 Å². The van der Waals surface area contributed by atoms with Crippen molar-refractivity contribution in [1.82, 2.24) is 40.0 Å². The molecule has 0 bridgehead atoms. The van der Waals surface area contributed by atoms with Crippen LogP contribution in [0.15, 0.2) is 37.0 Å². The maximum atomic E-state index is 14.8. The minimum Gasteiger partial charge on any atom is -0.373 e. The molecule has 0 aromatic rings. The molecular formula is C52H90N8O9. The van der Waals surface area contributed by atoms with Crippen molar-refractivity contribution in [2.75, 3.05) is 68.0 Å². The van der Waals surface area contributed by atoms with Crippen LogP contribution in [0.1, 0.15) is 127 Å². The maximum Gasteiger partial charge on any atom is 0.247 e. The van der Waals surface area contributed by atoms with Gasteiger partial charge in [-0.25, -0.2) is 0 Å². The lowest BCUT2D eigenvalue weighted by Crippen LogP contribution is -2.61. The van der Waals surface area contributed by atoms with Crippen molar-refractivity contribution in [3.63, 3.8) is 0 Å². The van der Waals surface area contributed by atoms with Gasteiger partial charge in [-0.15, -0.1) is 0 Å². The summed E-state index contributed by atoms with van der Waals surface area (Å²) < 4.78 is 6.11. The lowest BCUT2D eigenvalue weighted by molar-refractivity contribution is -0.150. The lowest BCUT2D eigenvalue weighted by atomic mass is 9.98. The van der Waals surface area contributed by atoms with Gasteiger partial charge >= 0.3 is 0 Å². The van der Waals surface area contributed by atoms with Crippen molar-refractivity contribution in [3.05, 3.63) is 37.0 Å². The number of allylic oxidation sites excluding steroid dienone is 3. The van der Waals surface area contributed by atoms with Gasteiger partial charge < -0.3 is 44.8 Å². The van der Waals surface area contributed by atoms with Gasteiger partial charge in [0.2, 0.25) is 47.3 Å². The zero-order valence-corrected chi connectivity index (χ0v) is 45.0. The third-order valence-electron chi connectivity index (χ3n) is 12.7. The van der Waals surface area contributed by atoms with Crippen molar-refractivity contribution in [2.24, 2.45) is 17.8 Å². The van der Waals surface area contributed by atoms with Crippen LogP contribution in [0.3, 0.4) is 0 Å². The minimum atomic E-state index is -1.33. The van der Waals surface area contributed by atoms with E-state index in [1.807, 2.05) is 48.5 Å². The summed E-state index contributed by atoms with van der Waals surface area (Å²) in [4.78, 5) is 121. The van der Waals surface area contributed by atoms with Crippen molar-refractivity contribution >= 4 is 47.3 Å². The van der Waals surface area contributed by atoms with Crippen LogP contribution in [0.25, 0.3) is 0 Å². The number of likely N-dealkylation sites (N-methyl/N-ethyl adjacent to an activating group) is 4. The molecule has 392 valence electrons. The maximum absolute atomic E-state index is 14.8. The molecule has 0 aromatic carbocycles. The van der Waals surface area contributed by atoms with Crippen LogP contribution in [0.5, 0.6) is 0 Å². The highest BCUT2D eigenvalue weighted by atomic mass is 16.5. The topological polar surface area (TPSA) is 189 Å². The fourth-order valence-corrected chi connectivity index (χ4v) is 7.81. The molecule has 17 heteroatoms. The smallest absolute Gasteiger partial charge is 0.247 e. The molecule has 1 unspecified atom stereocenters. The number of hydrogen-bond acceptors (Lipinski definition) is 9. The number of nitrogens with zero attached hydrogens (tertiary/aromatic N) is 6. The number of amides is 8. The van der Waals surface area contributed by atoms with E-state index in [9.17, 15) is 38.4 Å². The number of ether oxygens (including phenoxy) is 1. The number of likely N-dealkylation sites (tertiary alicyclic amines) is 1. The Kier molecular flexibility index (Phi) is 26.8. The van der Waals surface area contributed by atoms with Gasteiger partial charge in [-0.3, -0.25) is 38.4 Å². The Morgan fingerprint density at radius 1 is 0.652 bits per heavy atom. The van der Waals surface area contributed by atoms with E-state index in [0.29, 0.717) is 25.2 Å². The van der Waals surface area contributed by atoms with Gasteiger partial charge in [0, 0.05) is 67.7 Å². The first-order chi connectivity index (χ1) is 32.1. The van der Waals surface area contributed by atoms with Gasteiger partial charge in [-0.2, -0.15) is 0 Å². The Balaban J connectivity index is 3.72. The lowest BCUT2D eigenvalue weighted by Gasteiger charge is -2.37. The Bertz CT molecular complexity index is 1790. The van der Waals surface area contributed by atoms with Gasteiger partial charge in [0.25, 0.3) is 0 Å². The minimum absolute atomic E-state index is 0.0278. The molecule has 1 saturated heterocycles. The Morgan fingerprint density at radius 2 is 1.16 bits per heavy atom. The van der Waals surface area contributed by atoms with Crippen molar-refractivity contribution < 1.29 is 43.1 Å². The number of piperidine rings is 1. The van der Waals surface area contributed by atoms with E-state index in [4.69, 9.17) is 4.74 Å². The summed E-state index contributed by atoms with van der Waals surface area (Å²) in [6.45, 7) is 27.3. The molecule has 0 spiro atoms. The Hall–Kier alpha value is -5.06. The summed E-state index contributed by atoms with van der Waals surface area (Å²) in [6, 6.07) is -5.87. The van der Waals surface area contributed by atoms with E-state index in [2.05, 4.69) is 23.8 Å². The highest BCUT2D eigenvalue weighted by Crippen LogP contribution is 2.21. The van der Waals surface area contributed by atoms with Gasteiger partial charge in [-0.1, -0.05) is 79.3 Å². The molecule has 1 aliphatic rings. The molecule has 17 nitrogen and oxygen atoms in total. The molecule has 0 saturated carbocycles. The number of carbonyl (C=O) groups is 8. The van der Waals surface area contributed by atoms with Crippen LogP contribution in [0.4, 0.5) is 0 Å². The third-order valence-corrected chi connectivity index (χ3v) is 12.7. The summed E-state index contributed by atoms with van der Waals surface area (Å²) in [5.74, 6) is -3.91. The number of hydrogen-bond donors (Lipinski definition) is 2. The second-order valence-corrected chi connectivity index (χ2v) is 20.6. The van der Waals surface area contributed by atoms with E-state index >= 15 is 0 Å². The standard InChI is InChI=1S/C52H90N8O9/c1-18-25-38(20-3)31-43(57(15)46(63)33-56(14)44(61)30-37(9)19-2)51(68)59(17)42(29-36(7)8)48(65)54-40(34-69-52(10,11)12)49(66)58(16)41(28-35(5)6)47(64)53-39(32-45(62)55(13)21-4)50(67)60-26-23-22-24-27-60/h18,20,25,35-37,39-43H,1,3,19,21-24,26-34H2,2,4-17H3,(H,53,64)(H,54,65)/b38-25+/t37-,39?,40-,41-,42-,43-/m0/s1. The van der Waals surface area contributed by atoms with E-state index in [1.54, 1.807) is 58.0 Å². The molecular weight excluding hydrogens is 881 g/mol. The van der Waals surface area contributed by atoms with Crippen LogP contribution < -0.4 is 10.6 Å². The molecule has 6 atom stereocenters. The van der Waals surface area contributed by atoms with Crippen molar-refractivity contribution in [1.29, 1.82) is 0 Å². The van der Waals surface area contributed by atoms with Crippen LogP contribution >= 0.6 is 0 Å². The fraction of sp³-hybridized carbons (Fsp3) is 0.731. The highest BCUT2D eigenvalue weighted by Gasteiger charge is 2.40. The first kappa shape index (κ1) is 62.0. The summed E-state index contributed by atoms with van der Waals surface area (Å²) in [5.41, 5.74) is -0.141. The molecule has 0 aliphatic carbocycles. The van der Waals surface area contributed by atoms with Crippen LogP contribution in [0, 0.1) is 17.8 Å². The molecule has 1 aliphatic heterocycles. The average Bonchev–Trinajstić information content (AvgIpc) is 3.30. The van der Waals surface area contributed by atoms with Crippen LogP contribution in [-0.4, -0.2) is 180 Å². The van der Waals surface area contributed by atoms with Crippen molar-refractivity contribution in [2.45, 2.75) is 163 Å². The summed E-state index contributed by atoms with van der Waals surface area (Å²) >= 11 is 0. The first-order valence-electron chi connectivity index (χ1n) is 24.9. The molecule has 0 aromatic heterocycles. The van der Waals surface area contributed by atoms with Gasteiger partial charge in [0.1, 0.15) is 30.2 Å². The molecule has 1 heterocycles. The van der Waals surface area contributed by atoms with Gasteiger partial charge in [-0.05, 0) is 83.1 Å². The third kappa shape index (κ3) is 20.8. The normalized spacial score (nSPS) is 15.7. The first-order valence-corrected chi connectivity index (χ1v) is 24.9. The predicted molar refractivity (Wildman–Crippen MR) is 271 cm³/mol. The molecule has 0 radical (unpaired) electrons. The molecule has 69 heavy (non-hydrogen) atoms. The monoisotopic (exact) mass is 971 g/mol. The largest absolute Gasteiger partial charge is 0.373 e. The number of rotatable bonds is 28. The quantitative estimate of drug-likeness (QED) is 0.104. The second kappa shape index (κ2) is 29.9. The van der Waals surface area contributed by atoms with Gasteiger partial charge in [0.05, 0.1) is 25.2 Å². The van der Waals surface area contributed by atoms with E-state index in [-0.39, 0.29) is 80.7 Å². The predicted octanol–water partition coefficient (Wildman–Crippen LogP) is 4.81.